The topological polar surface area (TPSA) is 28.2 Å². The first-order valence-electron chi connectivity index (χ1n) is 6.85. The van der Waals surface area contributed by atoms with Crippen LogP contribution in [0.3, 0.4) is 0 Å². The van der Waals surface area contributed by atoms with E-state index in [0.717, 1.165) is 35.8 Å². The standard InChI is InChI=1S/C15H16BrN3/c16-13-3-1-2-12-11(13)4-6-18-15(12)19-7-5-10-8-17-9-14(10)19/h1-4,6,10,14,17H,5,7-9H2/t10-,14+/m0/s1. The molecule has 0 spiro atoms. The number of anilines is 1. The zero-order chi connectivity index (χ0) is 12.8. The Bertz CT molecular complexity index is 628. The van der Waals surface area contributed by atoms with Gasteiger partial charge in [-0.1, -0.05) is 28.1 Å². The van der Waals surface area contributed by atoms with Crippen LogP contribution in [0.5, 0.6) is 0 Å². The number of hydrogen-bond acceptors (Lipinski definition) is 3. The van der Waals surface area contributed by atoms with Gasteiger partial charge in [0, 0.05) is 47.1 Å². The molecule has 0 bridgehead atoms. The molecular formula is C15H16BrN3. The van der Waals surface area contributed by atoms with Crippen molar-refractivity contribution in [3.63, 3.8) is 0 Å². The lowest BCUT2D eigenvalue weighted by Gasteiger charge is -2.25. The molecule has 0 unspecified atom stereocenters. The van der Waals surface area contributed by atoms with E-state index in [4.69, 9.17) is 0 Å². The van der Waals surface area contributed by atoms with Crippen molar-refractivity contribution < 1.29 is 0 Å². The van der Waals surface area contributed by atoms with Gasteiger partial charge in [-0.15, -0.1) is 0 Å². The van der Waals surface area contributed by atoms with Crippen molar-refractivity contribution in [1.29, 1.82) is 0 Å². The van der Waals surface area contributed by atoms with Crippen LogP contribution in [0.4, 0.5) is 5.82 Å². The molecule has 3 heterocycles. The van der Waals surface area contributed by atoms with Crippen molar-refractivity contribution in [2.24, 2.45) is 5.92 Å². The summed E-state index contributed by atoms with van der Waals surface area (Å²) in [4.78, 5) is 7.17. The first-order chi connectivity index (χ1) is 9.34. The molecule has 0 amide bonds. The van der Waals surface area contributed by atoms with Gasteiger partial charge in [-0.2, -0.15) is 0 Å². The Morgan fingerprint density at radius 2 is 2.16 bits per heavy atom. The zero-order valence-electron chi connectivity index (χ0n) is 10.6. The highest BCUT2D eigenvalue weighted by atomic mass is 79.9. The Balaban J connectivity index is 1.85. The predicted octanol–water partition coefficient (Wildman–Crippen LogP) is 2.80. The third kappa shape index (κ3) is 1.77. The predicted molar refractivity (Wildman–Crippen MR) is 81.6 cm³/mol. The molecule has 0 radical (unpaired) electrons. The largest absolute Gasteiger partial charge is 0.352 e. The summed E-state index contributed by atoms with van der Waals surface area (Å²) >= 11 is 3.64. The number of benzene rings is 1. The van der Waals surface area contributed by atoms with Gasteiger partial charge in [0.1, 0.15) is 5.82 Å². The summed E-state index contributed by atoms with van der Waals surface area (Å²) in [5.41, 5.74) is 0. The minimum Gasteiger partial charge on any atom is -0.352 e. The molecule has 4 heteroatoms. The molecule has 0 aliphatic carbocycles. The number of aromatic nitrogens is 1. The van der Waals surface area contributed by atoms with Crippen LogP contribution in [-0.4, -0.2) is 30.7 Å². The summed E-state index contributed by atoms with van der Waals surface area (Å²) in [5.74, 6) is 1.94. The van der Waals surface area contributed by atoms with Crippen LogP contribution in [0.1, 0.15) is 6.42 Å². The number of nitrogens with zero attached hydrogens (tertiary/aromatic N) is 2. The minimum atomic E-state index is 0.622. The van der Waals surface area contributed by atoms with Crippen LogP contribution in [0.15, 0.2) is 34.9 Å². The number of hydrogen-bond donors (Lipinski definition) is 1. The van der Waals surface area contributed by atoms with E-state index in [9.17, 15) is 0 Å². The number of halogens is 1. The third-order valence-electron chi connectivity index (χ3n) is 4.45. The van der Waals surface area contributed by atoms with Crippen LogP contribution in [0.2, 0.25) is 0 Å². The summed E-state index contributed by atoms with van der Waals surface area (Å²) < 4.78 is 1.15. The highest BCUT2D eigenvalue weighted by molar-refractivity contribution is 9.10. The Hall–Kier alpha value is -1.13. The van der Waals surface area contributed by atoms with Gasteiger partial charge in [0.15, 0.2) is 0 Å². The van der Waals surface area contributed by atoms with Gasteiger partial charge in [0.05, 0.1) is 0 Å². The van der Waals surface area contributed by atoms with Crippen molar-refractivity contribution in [3.05, 3.63) is 34.9 Å². The number of nitrogens with one attached hydrogen (secondary N) is 1. The Morgan fingerprint density at radius 3 is 3.11 bits per heavy atom. The average Bonchev–Trinajstić information content (AvgIpc) is 3.01. The lowest BCUT2D eigenvalue weighted by Crippen LogP contribution is -2.34. The lowest BCUT2D eigenvalue weighted by atomic mass is 10.0. The number of rotatable bonds is 1. The second-order valence-electron chi connectivity index (χ2n) is 5.44. The molecule has 2 atom stereocenters. The molecule has 98 valence electrons. The van der Waals surface area contributed by atoms with Crippen LogP contribution in [0, 0.1) is 5.92 Å². The molecule has 19 heavy (non-hydrogen) atoms. The normalized spacial score (nSPS) is 26.1. The monoisotopic (exact) mass is 317 g/mol. The van der Waals surface area contributed by atoms with Crippen LogP contribution in [-0.2, 0) is 0 Å². The Labute approximate surface area is 121 Å². The van der Waals surface area contributed by atoms with Crippen molar-refractivity contribution in [2.45, 2.75) is 12.5 Å². The van der Waals surface area contributed by atoms with Gasteiger partial charge in [0.25, 0.3) is 0 Å². The summed E-state index contributed by atoms with van der Waals surface area (Å²) in [6.45, 7) is 3.39. The SMILES string of the molecule is Brc1cccc2c(N3CC[C@H]4CNC[C@H]43)nccc12. The summed E-state index contributed by atoms with van der Waals surface area (Å²) in [5, 5.41) is 6.01. The molecule has 0 saturated carbocycles. The van der Waals surface area contributed by atoms with Crippen molar-refractivity contribution >= 4 is 32.5 Å². The van der Waals surface area contributed by atoms with E-state index in [-0.39, 0.29) is 0 Å². The summed E-state index contributed by atoms with van der Waals surface area (Å²) in [7, 11) is 0. The van der Waals surface area contributed by atoms with E-state index < -0.39 is 0 Å². The van der Waals surface area contributed by atoms with Crippen LogP contribution >= 0.6 is 15.9 Å². The van der Waals surface area contributed by atoms with E-state index >= 15 is 0 Å². The minimum absolute atomic E-state index is 0.622. The maximum absolute atomic E-state index is 4.67. The first kappa shape index (κ1) is 11.7. The van der Waals surface area contributed by atoms with Gasteiger partial charge in [0.2, 0.25) is 0 Å². The van der Waals surface area contributed by atoms with E-state index in [2.05, 4.69) is 55.4 Å². The zero-order valence-corrected chi connectivity index (χ0v) is 12.2. The molecule has 2 aliphatic heterocycles. The highest BCUT2D eigenvalue weighted by Gasteiger charge is 2.38. The Kier molecular flexibility index (Phi) is 2.74. The number of fused-ring (bicyclic) bond motifs is 2. The molecule has 1 aromatic carbocycles. The van der Waals surface area contributed by atoms with E-state index in [1.54, 1.807) is 0 Å². The van der Waals surface area contributed by atoms with Gasteiger partial charge in [-0.3, -0.25) is 0 Å². The molecule has 2 aromatic rings. The molecule has 1 aromatic heterocycles. The second-order valence-corrected chi connectivity index (χ2v) is 6.29. The smallest absolute Gasteiger partial charge is 0.136 e. The van der Waals surface area contributed by atoms with E-state index in [1.165, 1.54) is 17.2 Å². The fourth-order valence-corrected chi connectivity index (χ4v) is 3.99. The lowest BCUT2D eigenvalue weighted by molar-refractivity contribution is 0.578. The fraction of sp³-hybridized carbons (Fsp3) is 0.400. The first-order valence-corrected chi connectivity index (χ1v) is 7.64. The molecule has 1 N–H and O–H groups in total. The summed E-state index contributed by atoms with van der Waals surface area (Å²) in [6.07, 6.45) is 3.21. The maximum Gasteiger partial charge on any atom is 0.136 e. The van der Waals surface area contributed by atoms with Gasteiger partial charge >= 0.3 is 0 Å². The average molecular weight is 318 g/mol. The van der Waals surface area contributed by atoms with Crippen molar-refractivity contribution in [1.82, 2.24) is 10.3 Å². The van der Waals surface area contributed by atoms with E-state index in [1.807, 2.05) is 6.20 Å². The van der Waals surface area contributed by atoms with Crippen LogP contribution < -0.4 is 10.2 Å². The molecule has 3 nitrogen and oxygen atoms in total. The van der Waals surface area contributed by atoms with Gasteiger partial charge in [-0.05, 0) is 24.5 Å². The van der Waals surface area contributed by atoms with Crippen LogP contribution in [0.25, 0.3) is 10.8 Å². The van der Waals surface area contributed by atoms with Crippen molar-refractivity contribution in [3.8, 4) is 0 Å². The molecule has 2 saturated heterocycles. The van der Waals surface area contributed by atoms with Crippen molar-refractivity contribution in [2.75, 3.05) is 24.5 Å². The third-order valence-corrected chi connectivity index (χ3v) is 5.14. The molecule has 4 rings (SSSR count). The fourth-order valence-electron chi connectivity index (χ4n) is 3.49. The Morgan fingerprint density at radius 1 is 1.21 bits per heavy atom. The van der Waals surface area contributed by atoms with E-state index in [0.29, 0.717) is 6.04 Å². The number of pyridine rings is 1. The molecular weight excluding hydrogens is 302 g/mol. The maximum atomic E-state index is 4.67. The summed E-state index contributed by atoms with van der Waals surface area (Å²) in [6, 6.07) is 9.08. The van der Waals surface area contributed by atoms with Gasteiger partial charge in [-0.25, -0.2) is 4.98 Å². The molecule has 2 fully saturated rings. The second kappa shape index (κ2) is 4.46. The quantitative estimate of drug-likeness (QED) is 0.876. The van der Waals surface area contributed by atoms with Gasteiger partial charge < -0.3 is 10.2 Å². The molecule has 2 aliphatic rings. The highest BCUT2D eigenvalue weighted by Crippen LogP contribution is 2.36.